The lowest BCUT2D eigenvalue weighted by Crippen LogP contribution is -2.58. The van der Waals surface area contributed by atoms with E-state index in [4.69, 9.17) is 4.74 Å². The minimum Gasteiger partial charge on any atom is -0.378 e. The molecule has 2 aliphatic rings. The number of piperidine rings is 1. The Balaban J connectivity index is 1.87. The number of hydrogen-bond donors (Lipinski definition) is 3. The van der Waals surface area contributed by atoms with E-state index in [0.717, 1.165) is 25.9 Å². The Morgan fingerprint density at radius 3 is 2.38 bits per heavy atom. The molecule has 0 aromatic heterocycles. The van der Waals surface area contributed by atoms with Gasteiger partial charge in [-0.15, -0.1) is 0 Å². The highest BCUT2D eigenvalue weighted by Crippen LogP contribution is 2.34. The lowest BCUT2D eigenvalue weighted by atomic mass is 9.74. The molecule has 0 radical (unpaired) electrons. The summed E-state index contributed by atoms with van der Waals surface area (Å²) in [6.45, 7) is 10.5. The summed E-state index contributed by atoms with van der Waals surface area (Å²) < 4.78 is 5.39. The summed E-state index contributed by atoms with van der Waals surface area (Å²) in [6, 6.07) is 0.102. The zero-order chi connectivity index (χ0) is 15.7. The van der Waals surface area contributed by atoms with Gasteiger partial charge in [0, 0.05) is 37.7 Å². The molecule has 0 aromatic rings. The van der Waals surface area contributed by atoms with Crippen LogP contribution in [0.15, 0.2) is 0 Å². The van der Waals surface area contributed by atoms with Crippen molar-refractivity contribution in [3.05, 3.63) is 0 Å². The molecule has 0 aromatic carbocycles. The van der Waals surface area contributed by atoms with Gasteiger partial charge in [0.05, 0.1) is 12.1 Å². The fraction of sp³-hybridized carbons (Fsp3) is 0.938. The summed E-state index contributed by atoms with van der Waals surface area (Å²) in [5, 5.41) is 10.1. The van der Waals surface area contributed by atoms with Crippen LogP contribution in [0.5, 0.6) is 0 Å². The van der Waals surface area contributed by atoms with Crippen molar-refractivity contribution in [3.63, 3.8) is 0 Å². The second kappa shape index (κ2) is 6.23. The zero-order valence-corrected chi connectivity index (χ0v) is 14.1. The summed E-state index contributed by atoms with van der Waals surface area (Å²) in [7, 11) is 1.70. The van der Waals surface area contributed by atoms with E-state index in [1.54, 1.807) is 7.11 Å². The molecule has 0 saturated carbocycles. The molecule has 2 aliphatic heterocycles. The summed E-state index contributed by atoms with van der Waals surface area (Å²) in [5.74, 6) is 0.593. The predicted octanol–water partition coefficient (Wildman–Crippen LogP) is 1.04. The number of hydrogen-bond acceptors (Lipinski definition) is 4. The molecule has 0 spiro atoms. The molecule has 21 heavy (non-hydrogen) atoms. The molecule has 2 rings (SSSR count). The summed E-state index contributed by atoms with van der Waals surface area (Å²) in [6.07, 6.45) is 2.79. The van der Waals surface area contributed by atoms with Gasteiger partial charge in [0.1, 0.15) is 0 Å². The van der Waals surface area contributed by atoms with Crippen LogP contribution in [0.4, 0.5) is 0 Å². The highest BCUT2D eigenvalue weighted by atomic mass is 16.5. The van der Waals surface area contributed by atoms with Gasteiger partial charge in [-0.1, -0.05) is 0 Å². The second-order valence-electron chi connectivity index (χ2n) is 7.98. The van der Waals surface area contributed by atoms with Crippen LogP contribution in [0.2, 0.25) is 0 Å². The first kappa shape index (κ1) is 16.7. The van der Waals surface area contributed by atoms with Gasteiger partial charge in [0.25, 0.3) is 0 Å². The van der Waals surface area contributed by atoms with Crippen LogP contribution in [0.3, 0.4) is 0 Å². The van der Waals surface area contributed by atoms with Crippen molar-refractivity contribution in [1.82, 2.24) is 16.0 Å². The van der Waals surface area contributed by atoms with E-state index in [2.05, 4.69) is 43.6 Å². The number of carbonyl (C=O) groups is 1. The van der Waals surface area contributed by atoms with Crippen molar-refractivity contribution in [1.29, 1.82) is 0 Å². The fourth-order valence-electron chi connectivity index (χ4n) is 4.25. The lowest BCUT2D eigenvalue weighted by Gasteiger charge is -2.46. The SMILES string of the molecule is CO[C@H]1CNC[C@@H]1NC(=O)CC1CC(C)(C)NC(C)(C)C1. The number of rotatable bonds is 4. The monoisotopic (exact) mass is 297 g/mol. The summed E-state index contributed by atoms with van der Waals surface area (Å²) >= 11 is 0. The van der Waals surface area contributed by atoms with Gasteiger partial charge in [-0.2, -0.15) is 0 Å². The van der Waals surface area contributed by atoms with Gasteiger partial charge in [-0.05, 0) is 46.5 Å². The molecule has 2 atom stereocenters. The van der Waals surface area contributed by atoms with Crippen LogP contribution in [-0.4, -0.2) is 49.3 Å². The van der Waals surface area contributed by atoms with E-state index in [0.29, 0.717) is 12.3 Å². The van der Waals surface area contributed by atoms with Crippen molar-refractivity contribution < 1.29 is 9.53 Å². The zero-order valence-electron chi connectivity index (χ0n) is 14.1. The molecule has 1 amide bonds. The third-order valence-electron chi connectivity index (χ3n) is 4.56. The molecule has 2 saturated heterocycles. The molecule has 122 valence electrons. The Morgan fingerprint density at radius 1 is 1.19 bits per heavy atom. The average Bonchev–Trinajstić information content (AvgIpc) is 2.71. The van der Waals surface area contributed by atoms with E-state index in [1.165, 1.54) is 0 Å². The standard InChI is InChI=1S/C16H31N3O2/c1-15(2)7-11(8-16(3,4)19-15)6-14(20)18-12-9-17-10-13(12)21-5/h11-13,17,19H,6-10H2,1-5H3,(H,18,20)/t12-,13-/m0/s1. The minimum atomic E-state index is 0.0925. The van der Waals surface area contributed by atoms with E-state index >= 15 is 0 Å². The Kier molecular flexibility index (Phi) is 4.96. The Labute approximate surface area is 128 Å². The van der Waals surface area contributed by atoms with Gasteiger partial charge in [0.2, 0.25) is 5.91 Å². The Bertz CT molecular complexity index is 366. The maximum Gasteiger partial charge on any atom is 0.220 e. The molecule has 5 heteroatoms. The van der Waals surface area contributed by atoms with Crippen LogP contribution in [0.25, 0.3) is 0 Å². The maximum absolute atomic E-state index is 12.3. The summed E-state index contributed by atoms with van der Waals surface area (Å²) in [5.41, 5.74) is 0.188. The number of ether oxygens (including phenoxy) is 1. The highest BCUT2D eigenvalue weighted by Gasteiger charge is 2.38. The van der Waals surface area contributed by atoms with Crippen molar-refractivity contribution in [2.24, 2.45) is 5.92 Å². The van der Waals surface area contributed by atoms with Gasteiger partial charge >= 0.3 is 0 Å². The molecule has 2 heterocycles. The maximum atomic E-state index is 12.3. The topological polar surface area (TPSA) is 62.4 Å². The van der Waals surface area contributed by atoms with E-state index in [9.17, 15) is 4.79 Å². The predicted molar refractivity (Wildman–Crippen MR) is 84.2 cm³/mol. The van der Waals surface area contributed by atoms with E-state index < -0.39 is 0 Å². The van der Waals surface area contributed by atoms with Gasteiger partial charge in [-0.3, -0.25) is 4.79 Å². The first-order valence-electron chi connectivity index (χ1n) is 8.03. The average molecular weight is 297 g/mol. The summed E-state index contributed by atoms with van der Waals surface area (Å²) in [4.78, 5) is 12.3. The lowest BCUT2D eigenvalue weighted by molar-refractivity contribution is -0.124. The van der Waals surface area contributed by atoms with Crippen LogP contribution in [0, 0.1) is 5.92 Å². The molecule has 5 nitrogen and oxygen atoms in total. The number of amides is 1. The van der Waals surface area contributed by atoms with E-state index in [1.807, 2.05) is 0 Å². The number of carbonyl (C=O) groups excluding carboxylic acids is 1. The van der Waals surface area contributed by atoms with Gasteiger partial charge in [-0.25, -0.2) is 0 Å². The fourth-order valence-corrected chi connectivity index (χ4v) is 4.25. The highest BCUT2D eigenvalue weighted by molar-refractivity contribution is 5.76. The molecule has 0 unspecified atom stereocenters. The van der Waals surface area contributed by atoms with Crippen LogP contribution < -0.4 is 16.0 Å². The molecular formula is C16H31N3O2. The third kappa shape index (κ3) is 4.66. The largest absolute Gasteiger partial charge is 0.378 e. The van der Waals surface area contributed by atoms with Crippen LogP contribution in [0.1, 0.15) is 47.0 Å². The molecule has 3 N–H and O–H groups in total. The normalized spacial score (nSPS) is 32.0. The molecule has 0 aliphatic carbocycles. The molecule has 2 fully saturated rings. The quantitative estimate of drug-likeness (QED) is 0.725. The smallest absolute Gasteiger partial charge is 0.220 e. The minimum absolute atomic E-state index is 0.0925. The molecular weight excluding hydrogens is 266 g/mol. The van der Waals surface area contributed by atoms with Crippen molar-refractivity contribution in [2.45, 2.75) is 70.2 Å². The Morgan fingerprint density at radius 2 is 1.81 bits per heavy atom. The molecule has 0 bridgehead atoms. The van der Waals surface area contributed by atoms with Crippen molar-refractivity contribution >= 4 is 5.91 Å². The van der Waals surface area contributed by atoms with Gasteiger partial charge in [0.15, 0.2) is 0 Å². The first-order valence-corrected chi connectivity index (χ1v) is 8.03. The second-order valence-corrected chi connectivity index (χ2v) is 7.98. The number of methoxy groups -OCH3 is 1. The van der Waals surface area contributed by atoms with Crippen molar-refractivity contribution in [3.8, 4) is 0 Å². The Hall–Kier alpha value is -0.650. The van der Waals surface area contributed by atoms with Crippen LogP contribution in [-0.2, 0) is 9.53 Å². The number of nitrogens with one attached hydrogen (secondary N) is 3. The van der Waals surface area contributed by atoms with Crippen molar-refractivity contribution in [2.75, 3.05) is 20.2 Å². The van der Waals surface area contributed by atoms with Gasteiger partial charge < -0.3 is 20.7 Å². The third-order valence-corrected chi connectivity index (χ3v) is 4.56. The first-order chi connectivity index (χ1) is 9.71. The van der Waals surface area contributed by atoms with E-state index in [-0.39, 0.29) is 29.1 Å². The van der Waals surface area contributed by atoms with Crippen LogP contribution >= 0.6 is 0 Å².